The summed E-state index contributed by atoms with van der Waals surface area (Å²) in [5.74, 6) is 0.0647. The summed E-state index contributed by atoms with van der Waals surface area (Å²) >= 11 is 0. The van der Waals surface area contributed by atoms with Gasteiger partial charge in [-0.2, -0.15) is 0 Å². The van der Waals surface area contributed by atoms with Gasteiger partial charge in [-0.3, -0.25) is 4.79 Å². The number of aryl methyl sites for hydroxylation is 1. The van der Waals surface area contributed by atoms with Gasteiger partial charge in [-0.1, -0.05) is 29.8 Å². The summed E-state index contributed by atoms with van der Waals surface area (Å²) in [6.45, 7) is 7.43. The number of ether oxygens (including phenoxy) is 1. The van der Waals surface area contributed by atoms with Crippen molar-refractivity contribution < 1.29 is 19.0 Å². The van der Waals surface area contributed by atoms with Crippen molar-refractivity contribution in [3.63, 3.8) is 0 Å². The van der Waals surface area contributed by atoms with Crippen LogP contribution in [0.4, 0.5) is 0 Å². The normalized spacial score (nSPS) is 24.5. The molecule has 2 aliphatic heterocycles. The summed E-state index contributed by atoms with van der Waals surface area (Å²) in [4.78, 5) is 24.9. The molecule has 0 spiro atoms. The molecule has 150 valence electrons. The molecule has 1 unspecified atom stereocenters. The van der Waals surface area contributed by atoms with Crippen LogP contribution in [-0.4, -0.2) is 68.2 Å². The lowest BCUT2D eigenvalue weighted by Crippen LogP contribution is -2.47. The first kappa shape index (κ1) is 21.5. The zero-order chi connectivity index (χ0) is 19.9. The molecule has 6 nitrogen and oxygen atoms in total. The molecule has 2 saturated heterocycles. The molecule has 2 fully saturated rings. The monoisotopic (exact) mass is 376 g/mol. The minimum atomic E-state index is -0.404. The van der Waals surface area contributed by atoms with Crippen molar-refractivity contribution in [3.05, 3.63) is 40.6 Å². The highest BCUT2D eigenvalue weighted by molar-refractivity contribution is 5.74. The quantitative estimate of drug-likeness (QED) is 0.461. The van der Waals surface area contributed by atoms with E-state index in [4.69, 9.17) is 4.74 Å². The van der Waals surface area contributed by atoms with Gasteiger partial charge in [0.15, 0.2) is 0 Å². The maximum absolute atomic E-state index is 11.6. The summed E-state index contributed by atoms with van der Waals surface area (Å²) in [5.41, 5.74) is 1.99. The molecule has 1 aromatic carbocycles. The Hall–Kier alpha value is -1.76. The molecule has 2 heterocycles. The maximum Gasteiger partial charge on any atom is 0.219 e. The number of carbonyl (C=O) groups is 2. The standard InChI is InChI=1S/C16H21NO2.C5H11NO2/c1-13-4-6-15(7-5-13)10-16(12-18)8-3-9-17(11-16)14(2)19;1-6(7)2-4-8-5-3-6/h4-7,12H,3,8-11H2,1-2H3;2-5H2,1H3. The molecular formula is C21H32N2O4. The molecule has 0 radical (unpaired) electrons. The van der Waals surface area contributed by atoms with Crippen LogP contribution in [0.15, 0.2) is 24.3 Å². The van der Waals surface area contributed by atoms with Crippen LogP contribution in [-0.2, 0) is 20.7 Å². The number of rotatable bonds is 3. The lowest BCUT2D eigenvalue weighted by Gasteiger charge is -2.41. The van der Waals surface area contributed by atoms with Crippen LogP contribution in [0.5, 0.6) is 0 Å². The second-order valence-corrected chi connectivity index (χ2v) is 8.04. The third-order valence-corrected chi connectivity index (χ3v) is 5.40. The largest absolute Gasteiger partial charge is 0.633 e. The van der Waals surface area contributed by atoms with E-state index < -0.39 is 5.41 Å². The van der Waals surface area contributed by atoms with Crippen molar-refractivity contribution in [3.8, 4) is 0 Å². The van der Waals surface area contributed by atoms with Gasteiger partial charge >= 0.3 is 0 Å². The molecule has 0 aromatic heterocycles. The number of benzene rings is 1. The first-order valence-electron chi connectivity index (χ1n) is 9.66. The minimum absolute atomic E-state index is 0.0647. The van der Waals surface area contributed by atoms with Crippen LogP contribution in [0.25, 0.3) is 0 Å². The number of carbonyl (C=O) groups excluding carboxylic acids is 2. The number of hydrogen-bond donors (Lipinski definition) is 0. The Bertz CT molecular complexity index is 622. The van der Waals surface area contributed by atoms with E-state index in [0.29, 0.717) is 32.8 Å². The predicted octanol–water partition coefficient (Wildman–Crippen LogP) is 2.33. The molecule has 2 aliphatic rings. The van der Waals surface area contributed by atoms with E-state index in [-0.39, 0.29) is 10.6 Å². The molecule has 0 saturated carbocycles. The first-order valence-corrected chi connectivity index (χ1v) is 9.66. The van der Waals surface area contributed by atoms with E-state index in [0.717, 1.165) is 32.1 Å². The van der Waals surface area contributed by atoms with Gasteiger partial charge < -0.3 is 24.3 Å². The third-order valence-electron chi connectivity index (χ3n) is 5.40. The van der Waals surface area contributed by atoms with Crippen LogP contribution in [0, 0.1) is 17.5 Å². The number of aldehydes is 1. The Kier molecular flexibility index (Phi) is 7.53. The summed E-state index contributed by atoms with van der Waals surface area (Å²) < 4.78 is 4.86. The van der Waals surface area contributed by atoms with Gasteiger partial charge in [0.2, 0.25) is 5.91 Å². The fourth-order valence-electron chi connectivity index (χ4n) is 3.55. The van der Waals surface area contributed by atoms with E-state index in [2.05, 4.69) is 31.2 Å². The smallest absolute Gasteiger partial charge is 0.219 e. The van der Waals surface area contributed by atoms with Crippen LogP contribution in [0.1, 0.15) is 30.9 Å². The molecule has 1 atom stereocenters. The van der Waals surface area contributed by atoms with Gasteiger partial charge in [0, 0.05) is 25.4 Å². The number of piperidine rings is 1. The summed E-state index contributed by atoms with van der Waals surface area (Å²) in [6.07, 6.45) is 3.56. The zero-order valence-electron chi connectivity index (χ0n) is 16.8. The Labute approximate surface area is 162 Å². The fraction of sp³-hybridized carbons (Fsp3) is 0.619. The first-order chi connectivity index (χ1) is 12.8. The van der Waals surface area contributed by atoms with Crippen molar-refractivity contribution in [2.24, 2.45) is 5.41 Å². The number of quaternary nitrogens is 1. The van der Waals surface area contributed by atoms with Crippen molar-refractivity contribution >= 4 is 12.2 Å². The number of hydrogen-bond acceptors (Lipinski definition) is 4. The van der Waals surface area contributed by atoms with Crippen LogP contribution in [0.3, 0.4) is 0 Å². The van der Waals surface area contributed by atoms with Gasteiger partial charge in [0.05, 0.1) is 20.3 Å². The number of morpholine rings is 1. The van der Waals surface area contributed by atoms with Crippen LogP contribution < -0.4 is 0 Å². The number of hydroxylamine groups is 3. The Morgan fingerprint density at radius 3 is 2.41 bits per heavy atom. The van der Waals surface area contributed by atoms with E-state index >= 15 is 0 Å². The van der Waals surface area contributed by atoms with Crippen LogP contribution >= 0.6 is 0 Å². The fourth-order valence-corrected chi connectivity index (χ4v) is 3.55. The van der Waals surface area contributed by atoms with Crippen molar-refractivity contribution in [2.75, 3.05) is 46.4 Å². The number of nitrogens with zero attached hydrogens (tertiary/aromatic N) is 2. The van der Waals surface area contributed by atoms with Crippen LogP contribution in [0.2, 0.25) is 0 Å². The van der Waals surface area contributed by atoms with Gasteiger partial charge in [0.1, 0.15) is 19.4 Å². The lowest BCUT2D eigenvalue weighted by molar-refractivity contribution is -0.869. The summed E-state index contributed by atoms with van der Waals surface area (Å²) in [7, 11) is 1.68. The molecule has 27 heavy (non-hydrogen) atoms. The van der Waals surface area contributed by atoms with E-state index in [1.807, 2.05) is 0 Å². The molecule has 0 N–H and O–H groups in total. The highest BCUT2D eigenvalue weighted by atomic mass is 16.6. The Morgan fingerprint density at radius 1 is 1.30 bits per heavy atom. The van der Waals surface area contributed by atoms with E-state index in [1.165, 1.54) is 11.1 Å². The lowest BCUT2D eigenvalue weighted by atomic mass is 9.76. The topological polar surface area (TPSA) is 69.7 Å². The second kappa shape index (κ2) is 9.44. The molecule has 1 aromatic rings. The molecule has 1 amide bonds. The molecule has 6 heteroatoms. The average Bonchev–Trinajstić information content (AvgIpc) is 2.64. The molecule has 3 rings (SSSR count). The number of likely N-dealkylation sites (N-methyl/N-ethyl adjacent to an activating group) is 1. The SMILES string of the molecule is CC(=O)N1CCCC(C=O)(Cc2ccc(C)cc2)C1.C[N+]1([O-])CCOCC1. The summed E-state index contributed by atoms with van der Waals surface area (Å²) in [6, 6.07) is 8.29. The second-order valence-electron chi connectivity index (χ2n) is 8.04. The Morgan fingerprint density at radius 2 is 1.93 bits per heavy atom. The Balaban J connectivity index is 0.000000273. The highest BCUT2D eigenvalue weighted by Gasteiger charge is 2.36. The molecule has 0 bridgehead atoms. The predicted molar refractivity (Wildman–Crippen MR) is 105 cm³/mol. The number of amides is 1. The van der Waals surface area contributed by atoms with Crippen molar-refractivity contribution in [2.45, 2.75) is 33.1 Å². The van der Waals surface area contributed by atoms with E-state index in [9.17, 15) is 14.8 Å². The summed E-state index contributed by atoms with van der Waals surface area (Å²) in [5, 5.41) is 11.0. The number of likely N-dealkylation sites (tertiary alicyclic amines) is 1. The van der Waals surface area contributed by atoms with E-state index in [1.54, 1.807) is 18.9 Å². The van der Waals surface area contributed by atoms with Gasteiger partial charge in [-0.15, -0.1) is 0 Å². The molecular weight excluding hydrogens is 344 g/mol. The highest BCUT2D eigenvalue weighted by Crippen LogP contribution is 2.32. The molecule has 0 aliphatic carbocycles. The third kappa shape index (κ3) is 6.72. The maximum atomic E-state index is 11.6. The minimum Gasteiger partial charge on any atom is -0.633 e. The van der Waals surface area contributed by atoms with Crippen molar-refractivity contribution in [1.29, 1.82) is 0 Å². The average molecular weight is 376 g/mol. The van der Waals surface area contributed by atoms with Gasteiger partial charge in [-0.05, 0) is 31.7 Å². The zero-order valence-corrected chi connectivity index (χ0v) is 16.8. The van der Waals surface area contributed by atoms with Gasteiger partial charge in [-0.25, -0.2) is 0 Å². The van der Waals surface area contributed by atoms with Crippen molar-refractivity contribution in [1.82, 2.24) is 4.90 Å². The van der Waals surface area contributed by atoms with Gasteiger partial charge in [0.25, 0.3) is 0 Å².